The van der Waals surface area contributed by atoms with E-state index in [2.05, 4.69) is 96.0 Å². The third-order valence-corrected chi connectivity index (χ3v) is 8.04. The van der Waals surface area contributed by atoms with Crippen LogP contribution in [0.15, 0.2) is 140 Å². The third kappa shape index (κ3) is 3.76. The molecule has 0 aliphatic heterocycles. The molecule has 0 atom stereocenters. The molecule has 0 N–H and O–H groups in total. The first-order valence-electron chi connectivity index (χ1n) is 16.2. The highest BCUT2D eigenvalue weighted by Gasteiger charge is 2.17. The van der Waals surface area contributed by atoms with Gasteiger partial charge in [0, 0.05) is 18.9 Å². The lowest BCUT2D eigenvalue weighted by Crippen LogP contribution is -2.00. The molecule has 0 bridgehead atoms. The molecule has 41 heavy (non-hydrogen) atoms. The van der Waals surface area contributed by atoms with Crippen LogP contribution in [0.5, 0.6) is 0 Å². The molecule has 2 heteroatoms. The molecule has 1 aromatic heterocycles. The fourth-order valence-corrected chi connectivity index (χ4v) is 6.25. The van der Waals surface area contributed by atoms with Gasteiger partial charge in [-0.2, -0.15) is 0 Å². The summed E-state index contributed by atoms with van der Waals surface area (Å²) in [5.41, 5.74) is 6.52. The Hall–Kier alpha value is -5.21. The number of rotatable bonds is 4. The van der Waals surface area contributed by atoms with E-state index >= 15 is 0 Å². The molecule has 0 fully saturated rings. The van der Waals surface area contributed by atoms with E-state index in [0.29, 0.717) is 16.7 Å². The zero-order chi connectivity index (χ0) is 31.6. The number of nitrogens with zero attached hydrogens (tertiary/aromatic N) is 2. The summed E-state index contributed by atoms with van der Waals surface area (Å²) in [4.78, 5) is 4.48. The molecule has 0 saturated carbocycles. The Labute approximate surface area is 246 Å². The van der Waals surface area contributed by atoms with Crippen molar-refractivity contribution in [3.63, 3.8) is 0 Å². The van der Waals surface area contributed by atoms with Gasteiger partial charge in [-0.25, -0.2) is 4.98 Å². The molecule has 0 unspecified atom stereocenters. The SMILES string of the molecule is [2H]C([2H])([2H])C([2H])([2H])c1nc2ccccc2n1-c1ccc2cc(-c3c4ccccc4c(-c4ccccc4)c4ccccc34)ccc2c1. The lowest BCUT2D eigenvalue weighted by atomic mass is 9.85. The van der Waals surface area contributed by atoms with E-state index in [-0.39, 0.29) is 5.82 Å². The van der Waals surface area contributed by atoms with Crippen molar-refractivity contribution in [3.8, 4) is 27.9 Å². The van der Waals surface area contributed by atoms with Crippen molar-refractivity contribution < 1.29 is 6.85 Å². The van der Waals surface area contributed by atoms with E-state index in [1.165, 1.54) is 38.2 Å². The standard InChI is InChI=1S/C39H28N2/c1-2-37-40-35-18-10-11-19-36(35)41(37)30-23-22-27-24-29(21-20-28(27)25-30)39-33-16-8-6-14-31(33)38(26-12-4-3-5-13-26)32-15-7-9-17-34(32)39/h3-25H,2H2,1H3/i1D3,2D2. The minimum atomic E-state index is -2.89. The number of hydrogen-bond donors (Lipinski definition) is 0. The van der Waals surface area contributed by atoms with Crippen LogP contribution in [0.4, 0.5) is 0 Å². The Morgan fingerprint density at radius 2 is 1.17 bits per heavy atom. The molecule has 0 aliphatic rings. The van der Waals surface area contributed by atoms with Crippen molar-refractivity contribution in [2.24, 2.45) is 0 Å². The van der Waals surface area contributed by atoms with Gasteiger partial charge in [-0.1, -0.05) is 116 Å². The normalized spacial score (nSPS) is 14.1. The van der Waals surface area contributed by atoms with Gasteiger partial charge in [0.25, 0.3) is 0 Å². The molecule has 0 saturated heterocycles. The highest BCUT2D eigenvalue weighted by Crippen LogP contribution is 2.44. The van der Waals surface area contributed by atoms with E-state index in [9.17, 15) is 0 Å². The quantitative estimate of drug-likeness (QED) is 0.207. The minimum absolute atomic E-state index is 0.138. The summed E-state index contributed by atoms with van der Waals surface area (Å²) in [7, 11) is 0. The van der Waals surface area contributed by atoms with Crippen LogP contribution < -0.4 is 0 Å². The Morgan fingerprint density at radius 3 is 1.88 bits per heavy atom. The van der Waals surface area contributed by atoms with Gasteiger partial charge >= 0.3 is 0 Å². The van der Waals surface area contributed by atoms with Crippen LogP contribution in [0.25, 0.3) is 71.3 Å². The van der Waals surface area contributed by atoms with Crippen LogP contribution in [0, 0.1) is 0 Å². The maximum absolute atomic E-state index is 8.55. The second kappa shape index (κ2) is 9.46. The molecule has 0 amide bonds. The van der Waals surface area contributed by atoms with Gasteiger partial charge in [-0.05, 0) is 84.9 Å². The van der Waals surface area contributed by atoms with Crippen molar-refractivity contribution in [2.45, 2.75) is 13.2 Å². The van der Waals surface area contributed by atoms with Gasteiger partial charge in [0.2, 0.25) is 0 Å². The summed E-state index contributed by atoms with van der Waals surface area (Å²) < 4.78 is 42.5. The molecule has 8 aromatic rings. The van der Waals surface area contributed by atoms with E-state index in [4.69, 9.17) is 6.85 Å². The predicted molar refractivity (Wildman–Crippen MR) is 174 cm³/mol. The minimum Gasteiger partial charge on any atom is -0.296 e. The predicted octanol–water partition coefficient (Wildman–Crippen LogP) is 10.4. The highest BCUT2D eigenvalue weighted by molar-refractivity contribution is 6.21. The van der Waals surface area contributed by atoms with E-state index < -0.39 is 13.2 Å². The summed E-state index contributed by atoms with van der Waals surface area (Å²) in [6.07, 6.45) is -2.65. The van der Waals surface area contributed by atoms with Gasteiger partial charge in [-0.15, -0.1) is 0 Å². The van der Waals surface area contributed by atoms with Crippen molar-refractivity contribution in [2.75, 3.05) is 0 Å². The fourth-order valence-electron chi connectivity index (χ4n) is 6.25. The molecule has 7 aromatic carbocycles. The zero-order valence-electron chi connectivity index (χ0n) is 27.2. The van der Waals surface area contributed by atoms with E-state index in [0.717, 1.165) is 16.3 Å². The summed E-state index contributed by atoms with van der Waals surface area (Å²) >= 11 is 0. The molecule has 0 spiro atoms. The largest absolute Gasteiger partial charge is 0.296 e. The first-order valence-corrected chi connectivity index (χ1v) is 13.7. The molecule has 0 aliphatic carbocycles. The number of aryl methyl sites for hydroxylation is 1. The molecular weight excluding hydrogens is 496 g/mol. The fraction of sp³-hybridized carbons (Fsp3) is 0.0513. The Balaban J connectivity index is 1.33. The molecule has 2 nitrogen and oxygen atoms in total. The summed E-state index contributed by atoms with van der Waals surface area (Å²) in [6, 6.07) is 47.3. The molecule has 8 rings (SSSR count). The molecule has 0 radical (unpaired) electrons. The van der Waals surface area contributed by atoms with Crippen molar-refractivity contribution in [3.05, 3.63) is 145 Å². The number of hydrogen-bond acceptors (Lipinski definition) is 1. The van der Waals surface area contributed by atoms with Crippen LogP contribution in [0.3, 0.4) is 0 Å². The van der Waals surface area contributed by atoms with Gasteiger partial charge < -0.3 is 0 Å². The summed E-state index contributed by atoms with van der Waals surface area (Å²) in [5, 5.41) is 6.72. The van der Waals surface area contributed by atoms with Crippen LogP contribution in [-0.4, -0.2) is 9.55 Å². The van der Waals surface area contributed by atoms with Crippen molar-refractivity contribution in [1.82, 2.24) is 9.55 Å². The van der Waals surface area contributed by atoms with Crippen molar-refractivity contribution in [1.29, 1.82) is 0 Å². The van der Waals surface area contributed by atoms with E-state index in [1.807, 2.05) is 42.5 Å². The highest BCUT2D eigenvalue weighted by atomic mass is 15.1. The number of benzene rings is 7. The van der Waals surface area contributed by atoms with Gasteiger partial charge in [0.05, 0.1) is 11.0 Å². The average molecular weight is 530 g/mol. The second-order valence-electron chi connectivity index (χ2n) is 10.3. The summed E-state index contributed by atoms with van der Waals surface area (Å²) in [5.74, 6) is -0.138. The first-order chi connectivity index (χ1) is 22.2. The maximum atomic E-state index is 8.55. The third-order valence-electron chi connectivity index (χ3n) is 8.04. The molecule has 1 heterocycles. The van der Waals surface area contributed by atoms with Gasteiger partial charge in [0.1, 0.15) is 5.82 Å². The number of para-hydroxylation sites is 2. The van der Waals surface area contributed by atoms with Gasteiger partial charge in [-0.3, -0.25) is 4.57 Å². The van der Waals surface area contributed by atoms with Crippen LogP contribution >= 0.6 is 0 Å². The lowest BCUT2D eigenvalue weighted by molar-refractivity contribution is 0.909. The van der Waals surface area contributed by atoms with Crippen LogP contribution in [0.2, 0.25) is 0 Å². The zero-order valence-corrected chi connectivity index (χ0v) is 22.2. The maximum Gasteiger partial charge on any atom is 0.114 e. The number of imidazole rings is 1. The topological polar surface area (TPSA) is 17.8 Å². The van der Waals surface area contributed by atoms with Crippen LogP contribution in [0.1, 0.15) is 19.5 Å². The first kappa shape index (κ1) is 19.0. The van der Waals surface area contributed by atoms with E-state index in [1.54, 1.807) is 10.6 Å². The van der Waals surface area contributed by atoms with Crippen molar-refractivity contribution >= 4 is 43.4 Å². The van der Waals surface area contributed by atoms with Gasteiger partial charge in [0.15, 0.2) is 0 Å². The van der Waals surface area contributed by atoms with Crippen LogP contribution in [-0.2, 0) is 6.37 Å². The number of fused-ring (bicyclic) bond motifs is 4. The Morgan fingerprint density at radius 1 is 0.585 bits per heavy atom. The summed E-state index contributed by atoms with van der Waals surface area (Å²) in [6.45, 7) is -2.89. The molecular formula is C39H28N2. The second-order valence-corrected chi connectivity index (χ2v) is 10.3. The average Bonchev–Trinajstić information content (AvgIpc) is 3.47. The lowest BCUT2D eigenvalue weighted by Gasteiger charge is -2.18. The molecule has 194 valence electrons. The Kier molecular flexibility index (Phi) is 4.38. The smallest absolute Gasteiger partial charge is 0.114 e. The number of aromatic nitrogens is 2. The monoisotopic (exact) mass is 529 g/mol. The Bertz CT molecular complexity index is 2390.